The van der Waals surface area contributed by atoms with Gasteiger partial charge < -0.3 is 15.2 Å². The molecule has 0 saturated carbocycles. The van der Waals surface area contributed by atoms with Crippen molar-refractivity contribution in [1.82, 2.24) is 4.98 Å². The van der Waals surface area contributed by atoms with Crippen molar-refractivity contribution < 1.29 is 18.3 Å². The van der Waals surface area contributed by atoms with E-state index < -0.39 is 12.5 Å². The summed E-state index contributed by atoms with van der Waals surface area (Å²) in [6, 6.07) is 3.08. The Labute approximate surface area is 98.0 Å². The van der Waals surface area contributed by atoms with Crippen molar-refractivity contribution in [3.63, 3.8) is 0 Å². The highest BCUT2D eigenvalue weighted by Gasteiger charge is 2.25. The molecular formula is C11H14F2N2O2. The molecule has 17 heavy (non-hydrogen) atoms. The van der Waals surface area contributed by atoms with E-state index in [1.165, 1.54) is 13.2 Å². The van der Waals surface area contributed by atoms with Crippen LogP contribution in [0.5, 0.6) is 11.8 Å². The maximum atomic E-state index is 12.8. The van der Waals surface area contributed by atoms with E-state index in [1.807, 2.05) is 0 Å². The van der Waals surface area contributed by atoms with Gasteiger partial charge in [-0.2, -0.15) is 13.8 Å². The monoisotopic (exact) mass is 244 g/mol. The van der Waals surface area contributed by atoms with Gasteiger partial charge in [-0.3, -0.25) is 0 Å². The van der Waals surface area contributed by atoms with Crippen LogP contribution in [0.25, 0.3) is 0 Å². The molecule has 6 heteroatoms. The van der Waals surface area contributed by atoms with Crippen LogP contribution >= 0.6 is 0 Å². The second-order valence-corrected chi connectivity index (χ2v) is 3.28. The first-order valence-electron chi connectivity index (χ1n) is 4.90. The van der Waals surface area contributed by atoms with Crippen molar-refractivity contribution in [2.24, 2.45) is 5.73 Å². The molecule has 0 bridgehead atoms. The van der Waals surface area contributed by atoms with Crippen LogP contribution < -0.4 is 15.2 Å². The molecule has 1 heterocycles. The van der Waals surface area contributed by atoms with Crippen molar-refractivity contribution in [2.75, 3.05) is 13.7 Å². The minimum Gasteiger partial charge on any atom is -0.481 e. The van der Waals surface area contributed by atoms with Crippen molar-refractivity contribution in [3.8, 4) is 11.8 Å². The number of ether oxygens (including phenoxy) is 2. The van der Waals surface area contributed by atoms with E-state index in [9.17, 15) is 8.78 Å². The summed E-state index contributed by atoms with van der Waals surface area (Å²) in [5.74, 6) is -2.76. The molecule has 2 N–H and O–H groups in total. The molecule has 0 aromatic carbocycles. The molecule has 0 unspecified atom stereocenters. The number of alkyl halides is 2. The molecule has 0 fully saturated rings. The maximum absolute atomic E-state index is 12.8. The summed E-state index contributed by atoms with van der Waals surface area (Å²) in [5, 5.41) is 0. The molecule has 94 valence electrons. The van der Waals surface area contributed by atoms with Crippen LogP contribution in [-0.2, 0) is 6.54 Å². The molecular weight excluding hydrogens is 230 g/mol. The summed E-state index contributed by atoms with van der Waals surface area (Å²) in [6.07, 6.45) is 0.526. The first kappa shape index (κ1) is 13.4. The van der Waals surface area contributed by atoms with Crippen molar-refractivity contribution in [2.45, 2.75) is 12.5 Å². The number of hydrogen-bond donors (Lipinski definition) is 1. The van der Waals surface area contributed by atoms with Gasteiger partial charge in [0.15, 0.2) is 6.61 Å². The van der Waals surface area contributed by atoms with Crippen LogP contribution in [0.4, 0.5) is 8.78 Å². The Balaban J connectivity index is 2.76. The first-order chi connectivity index (χ1) is 8.02. The second kappa shape index (κ2) is 5.58. The average Bonchev–Trinajstić information content (AvgIpc) is 2.36. The van der Waals surface area contributed by atoms with E-state index >= 15 is 0 Å². The Morgan fingerprint density at radius 1 is 1.53 bits per heavy atom. The van der Waals surface area contributed by atoms with Crippen LogP contribution in [0.15, 0.2) is 24.8 Å². The van der Waals surface area contributed by atoms with E-state index in [2.05, 4.69) is 11.6 Å². The normalized spacial score (nSPS) is 11.1. The van der Waals surface area contributed by atoms with Crippen LogP contribution in [0.2, 0.25) is 0 Å². The standard InChI is InChI=1S/C11H14F2N2O2/c1-3-11(12,13)7-17-9-5-4-8(6-14)10(15-9)16-2/h3-5H,1,6-7,14H2,2H3. The molecule has 1 aromatic rings. The van der Waals surface area contributed by atoms with Gasteiger partial charge in [-0.05, 0) is 12.1 Å². The van der Waals surface area contributed by atoms with Gasteiger partial charge in [-0.15, -0.1) is 0 Å². The lowest BCUT2D eigenvalue weighted by atomic mass is 10.3. The third-order valence-corrected chi connectivity index (χ3v) is 2.04. The minimum absolute atomic E-state index is 0.0561. The molecule has 0 atom stereocenters. The number of hydrogen-bond acceptors (Lipinski definition) is 4. The first-order valence-corrected chi connectivity index (χ1v) is 4.90. The zero-order chi connectivity index (χ0) is 12.9. The largest absolute Gasteiger partial charge is 0.481 e. The van der Waals surface area contributed by atoms with Crippen molar-refractivity contribution in [1.29, 1.82) is 0 Å². The summed E-state index contributed by atoms with van der Waals surface area (Å²) in [7, 11) is 1.42. The Morgan fingerprint density at radius 2 is 2.24 bits per heavy atom. The SMILES string of the molecule is C=CC(F)(F)COc1ccc(CN)c(OC)n1. The molecule has 4 nitrogen and oxygen atoms in total. The molecule has 0 aliphatic carbocycles. The van der Waals surface area contributed by atoms with Crippen LogP contribution in [0, 0.1) is 0 Å². The Bertz CT molecular complexity index is 397. The maximum Gasteiger partial charge on any atom is 0.299 e. The zero-order valence-corrected chi connectivity index (χ0v) is 9.45. The van der Waals surface area contributed by atoms with Gasteiger partial charge in [0.1, 0.15) is 0 Å². The highest BCUT2D eigenvalue weighted by atomic mass is 19.3. The van der Waals surface area contributed by atoms with E-state index in [4.69, 9.17) is 15.2 Å². The average molecular weight is 244 g/mol. The number of pyridine rings is 1. The molecule has 0 saturated heterocycles. The van der Waals surface area contributed by atoms with Gasteiger partial charge >= 0.3 is 0 Å². The fourth-order valence-corrected chi connectivity index (χ4v) is 1.09. The van der Waals surface area contributed by atoms with Gasteiger partial charge in [0, 0.05) is 18.2 Å². The third-order valence-electron chi connectivity index (χ3n) is 2.04. The molecule has 0 aliphatic heterocycles. The van der Waals surface area contributed by atoms with Gasteiger partial charge in [0.05, 0.1) is 7.11 Å². The van der Waals surface area contributed by atoms with E-state index in [0.29, 0.717) is 11.6 Å². The molecule has 1 aromatic heterocycles. The lowest BCUT2D eigenvalue weighted by molar-refractivity contribution is 0.00377. The summed E-state index contributed by atoms with van der Waals surface area (Å²) >= 11 is 0. The van der Waals surface area contributed by atoms with Gasteiger partial charge in [0.25, 0.3) is 5.92 Å². The molecule has 1 rings (SSSR count). The molecule has 0 spiro atoms. The number of halogens is 2. The van der Waals surface area contributed by atoms with Crippen LogP contribution in [0.3, 0.4) is 0 Å². The third kappa shape index (κ3) is 3.67. The lowest BCUT2D eigenvalue weighted by Crippen LogP contribution is -2.22. The fraction of sp³-hybridized carbons (Fsp3) is 0.364. The molecule has 0 aliphatic rings. The quantitative estimate of drug-likeness (QED) is 0.774. The Hall–Kier alpha value is -1.69. The second-order valence-electron chi connectivity index (χ2n) is 3.28. The number of nitrogens with two attached hydrogens (primary N) is 1. The number of aromatic nitrogens is 1. The van der Waals surface area contributed by atoms with Crippen LogP contribution in [0.1, 0.15) is 5.56 Å². The lowest BCUT2D eigenvalue weighted by Gasteiger charge is -2.13. The predicted molar refractivity (Wildman–Crippen MR) is 59.3 cm³/mol. The highest BCUT2D eigenvalue weighted by Crippen LogP contribution is 2.21. The molecule has 0 amide bonds. The summed E-state index contributed by atoms with van der Waals surface area (Å²) in [5.41, 5.74) is 6.12. The van der Waals surface area contributed by atoms with Crippen molar-refractivity contribution in [3.05, 3.63) is 30.4 Å². The van der Waals surface area contributed by atoms with Gasteiger partial charge in [-0.1, -0.05) is 6.58 Å². The van der Waals surface area contributed by atoms with Gasteiger partial charge in [0.2, 0.25) is 11.8 Å². The zero-order valence-electron chi connectivity index (χ0n) is 9.45. The summed E-state index contributed by atoms with van der Waals surface area (Å²) in [4.78, 5) is 3.91. The minimum atomic E-state index is -3.08. The van der Waals surface area contributed by atoms with E-state index in [-0.39, 0.29) is 18.3 Å². The summed E-state index contributed by atoms with van der Waals surface area (Å²) in [6.45, 7) is 2.45. The van der Waals surface area contributed by atoms with Crippen LogP contribution in [-0.4, -0.2) is 24.6 Å². The fourth-order valence-electron chi connectivity index (χ4n) is 1.09. The topological polar surface area (TPSA) is 57.4 Å². The molecule has 0 radical (unpaired) electrons. The Kier molecular flexibility index (Phi) is 4.39. The van der Waals surface area contributed by atoms with Gasteiger partial charge in [-0.25, -0.2) is 0 Å². The number of rotatable bonds is 6. The van der Waals surface area contributed by atoms with E-state index in [1.54, 1.807) is 6.07 Å². The van der Waals surface area contributed by atoms with E-state index in [0.717, 1.165) is 0 Å². The Morgan fingerprint density at radius 3 is 2.76 bits per heavy atom. The number of nitrogens with zero attached hydrogens (tertiary/aromatic N) is 1. The van der Waals surface area contributed by atoms with Crippen molar-refractivity contribution >= 4 is 0 Å². The summed E-state index contributed by atoms with van der Waals surface area (Å²) < 4.78 is 35.5. The highest BCUT2D eigenvalue weighted by molar-refractivity contribution is 5.30. The number of methoxy groups -OCH3 is 1. The smallest absolute Gasteiger partial charge is 0.299 e. The predicted octanol–water partition coefficient (Wildman–Crippen LogP) is 1.75.